The van der Waals surface area contributed by atoms with Gasteiger partial charge in [0, 0.05) is 23.4 Å². The SMILES string of the molecule is Oc1ccc2c(Cc3ccc(Cl)cc3)noc2c1CN1CCCCC1. The van der Waals surface area contributed by atoms with E-state index in [-0.39, 0.29) is 5.75 Å². The fourth-order valence-electron chi connectivity index (χ4n) is 3.52. The molecule has 0 atom stereocenters. The van der Waals surface area contributed by atoms with Gasteiger partial charge in [0.25, 0.3) is 0 Å². The second kappa shape index (κ2) is 7.06. The van der Waals surface area contributed by atoms with Crippen LogP contribution in [-0.4, -0.2) is 28.3 Å². The second-order valence-electron chi connectivity index (χ2n) is 6.71. The number of phenolic OH excluding ortho intramolecular Hbond substituents is 1. The molecule has 1 aromatic heterocycles. The van der Waals surface area contributed by atoms with E-state index in [1.165, 1.54) is 19.3 Å². The first kappa shape index (κ1) is 16.4. The number of rotatable bonds is 4. The lowest BCUT2D eigenvalue weighted by Gasteiger charge is -2.26. The van der Waals surface area contributed by atoms with Gasteiger partial charge in [-0.05, 0) is 55.8 Å². The summed E-state index contributed by atoms with van der Waals surface area (Å²) in [7, 11) is 0. The molecule has 130 valence electrons. The molecule has 0 unspecified atom stereocenters. The van der Waals surface area contributed by atoms with E-state index >= 15 is 0 Å². The van der Waals surface area contributed by atoms with Gasteiger partial charge < -0.3 is 9.63 Å². The normalized spacial score (nSPS) is 15.7. The summed E-state index contributed by atoms with van der Waals surface area (Å²) in [5.41, 5.74) is 3.56. The first-order valence-electron chi connectivity index (χ1n) is 8.76. The average Bonchev–Trinajstić information content (AvgIpc) is 3.03. The Labute approximate surface area is 152 Å². The molecule has 5 heteroatoms. The number of piperidine rings is 1. The van der Waals surface area contributed by atoms with Crippen LogP contribution in [0.4, 0.5) is 0 Å². The fourth-order valence-corrected chi connectivity index (χ4v) is 3.64. The number of aromatic nitrogens is 1. The molecule has 4 nitrogen and oxygen atoms in total. The van der Waals surface area contributed by atoms with Gasteiger partial charge in [0.2, 0.25) is 0 Å². The maximum Gasteiger partial charge on any atom is 0.175 e. The molecule has 2 aromatic carbocycles. The van der Waals surface area contributed by atoms with Crippen LogP contribution < -0.4 is 0 Å². The summed E-state index contributed by atoms with van der Waals surface area (Å²) in [5, 5.41) is 16.3. The number of likely N-dealkylation sites (tertiary alicyclic amines) is 1. The average molecular weight is 357 g/mol. The molecule has 1 aliphatic heterocycles. The van der Waals surface area contributed by atoms with E-state index < -0.39 is 0 Å². The van der Waals surface area contributed by atoms with Crippen LogP contribution in [0.1, 0.15) is 36.1 Å². The Bertz CT molecular complexity index is 867. The highest BCUT2D eigenvalue weighted by Crippen LogP contribution is 2.32. The second-order valence-corrected chi connectivity index (χ2v) is 7.15. The number of benzene rings is 2. The van der Waals surface area contributed by atoms with E-state index in [0.717, 1.165) is 40.3 Å². The third kappa shape index (κ3) is 3.51. The van der Waals surface area contributed by atoms with Crippen LogP contribution in [-0.2, 0) is 13.0 Å². The minimum Gasteiger partial charge on any atom is -0.507 e. The largest absolute Gasteiger partial charge is 0.507 e. The lowest BCUT2D eigenvalue weighted by atomic mass is 10.0. The Morgan fingerprint density at radius 2 is 1.80 bits per heavy atom. The fraction of sp³-hybridized carbons (Fsp3) is 0.350. The van der Waals surface area contributed by atoms with Crippen molar-refractivity contribution in [3.05, 3.63) is 58.2 Å². The van der Waals surface area contributed by atoms with Crippen molar-refractivity contribution >= 4 is 22.6 Å². The van der Waals surface area contributed by atoms with E-state index in [1.807, 2.05) is 30.3 Å². The highest BCUT2D eigenvalue weighted by atomic mass is 35.5. The number of halogens is 1. The molecule has 2 heterocycles. The molecule has 1 N–H and O–H groups in total. The maximum absolute atomic E-state index is 10.3. The van der Waals surface area contributed by atoms with Crippen molar-refractivity contribution in [2.24, 2.45) is 0 Å². The molecular weight excluding hydrogens is 336 g/mol. The number of nitrogens with zero attached hydrogens (tertiary/aromatic N) is 2. The summed E-state index contributed by atoms with van der Waals surface area (Å²) in [6.07, 6.45) is 4.41. The van der Waals surface area contributed by atoms with Crippen LogP contribution in [0.2, 0.25) is 5.02 Å². The zero-order valence-corrected chi connectivity index (χ0v) is 14.8. The van der Waals surface area contributed by atoms with Gasteiger partial charge >= 0.3 is 0 Å². The van der Waals surface area contributed by atoms with Crippen LogP contribution in [0, 0.1) is 0 Å². The number of fused-ring (bicyclic) bond motifs is 1. The molecule has 1 fully saturated rings. The Kier molecular flexibility index (Phi) is 4.64. The van der Waals surface area contributed by atoms with Gasteiger partial charge in [0.1, 0.15) is 5.75 Å². The first-order chi connectivity index (χ1) is 12.2. The van der Waals surface area contributed by atoms with Crippen LogP contribution in [0.15, 0.2) is 40.9 Å². The van der Waals surface area contributed by atoms with Gasteiger partial charge in [-0.1, -0.05) is 35.3 Å². The van der Waals surface area contributed by atoms with Crippen molar-refractivity contribution < 1.29 is 9.63 Å². The predicted octanol–water partition coefficient (Wildman–Crippen LogP) is 4.76. The molecule has 0 amide bonds. The quantitative estimate of drug-likeness (QED) is 0.732. The van der Waals surface area contributed by atoms with Gasteiger partial charge in [-0.2, -0.15) is 0 Å². The minimum absolute atomic E-state index is 0.285. The van der Waals surface area contributed by atoms with Crippen molar-refractivity contribution in [1.82, 2.24) is 10.1 Å². The Morgan fingerprint density at radius 1 is 1.04 bits per heavy atom. The zero-order chi connectivity index (χ0) is 17.2. The Morgan fingerprint density at radius 3 is 2.56 bits per heavy atom. The van der Waals surface area contributed by atoms with Gasteiger partial charge in [-0.3, -0.25) is 4.90 Å². The summed E-state index contributed by atoms with van der Waals surface area (Å²) in [5.74, 6) is 0.285. The molecule has 4 rings (SSSR count). The summed E-state index contributed by atoms with van der Waals surface area (Å²) in [6.45, 7) is 2.85. The van der Waals surface area contributed by atoms with Gasteiger partial charge in [0.15, 0.2) is 5.58 Å². The van der Waals surface area contributed by atoms with E-state index in [0.29, 0.717) is 18.5 Å². The first-order valence-corrected chi connectivity index (χ1v) is 9.14. The minimum atomic E-state index is 0.285. The molecule has 0 radical (unpaired) electrons. The summed E-state index contributed by atoms with van der Waals surface area (Å²) in [4.78, 5) is 2.37. The van der Waals surface area contributed by atoms with Gasteiger partial charge in [0.05, 0.1) is 11.3 Å². The highest BCUT2D eigenvalue weighted by molar-refractivity contribution is 6.30. The molecule has 0 saturated carbocycles. The molecule has 25 heavy (non-hydrogen) atoms. The van der Waals surface area contributed by atoms with Crippen molar-refractivity contribution in [2.45, 2.75) is 32.2 Å². The van der Waals surface area contributed by atoms with E-state index in [4.69, 9.17) is 16.1 Å². The molecule has 1 aliphatic rings. The van der Waals surface area contributed by atoms with Crippen molar-refractivity contribution in [1.29, 1.82) is 0 Å². The summed E-state index contributed by atoms with van der Waals surface area (Å²) in [6, 6.07) is 11.4. The van der Waals surface area contributed by atoms with Crippen molar-refractivity contribution in [3.8, 4) is 5.75 Å². The maximum atomic E-state index is 10.3. The molecule has 0 aliphatic carbocycles. The third-order valence-corrected chi connectivity index (χ3v) is 5.16. The zero-order valence-electron chi connectivity index (χ0n) is 14.0. The standard InChI is InChI=1S/C20H21ClN2O2/c21-15-6-4-14(5-7-15)12-18-16-8-9-19(24)17(20(16)25-22-18)13-23-10-2-1-3-11-23/h4-9,24H,1-3,10-13H2. The van der Waals surface area contributed by atoms with E-state index in [1.54, 1.807) is 6.07 Å². The number of hydrogen-bond acceptors (Lipinski definition) is 4. The number of aromatic hydroxyl groups is 1. The van der Waals surface area contributed by atoms with Crippen molar-refractivity contribution in [3.63, 3.8) is 0 Å². The summed E-state index contributed by atoms with van der Waals surface area (Å²) >= 11 is 5.95. The molecule has 1 saturated heterocycles. The van der Waals surface area contributed by atoms with Crippen molar-refractivity contribution in [2.75, 3.05) is 13.1 Å². The van der Waals surface area contributed by atoms with Crippen LogP contribution >= 0.6 is 11.6 Å². The number of hydrogen-bond donors (Lipinski definition) is 1. The Balaban J connectivity index is 1.64. The lowest BCUT2D eigenvalue weighted by Crippen LogP contribution is -2.29. The Hall–Kier alpha value is -2.04. The predicted molar refractivity (Wildman–Crippen MR) is 99.1 cm³/mol. The van der Waals surface area contributed by atoms with Crippen LogP contribution in [0.3, 0.4) is 0 Å². The van der Waals surface area contributed by atoms with Gasteiger partial charge in [-0.15, -0.1) is 0 Å². The molecular formula is C20H21ClN2O2. The van der Waals surface area contributed by atoms with Crippen LogP contribution in [0.25, 0.3) is 11.0 Å². The highest BCUT2D eigenvalue weighted by Gasteiger charge is 2.19. The third-order valence-electron chi connectivity index (χ3n) is 4.91. The molecule has 0 spiro atoms. The van der Waals surface area contributed by atoms with Gasteiger partial charge in [-0.25, -0.2) is 0 Å². The van der Waals surface area contributed by atoms with E-state index in [2.05, 4.69) is 10.1 Å². The van der Waals surface area contributed by atoms with E-state index in [9.17, 15) is 5.11 Å². The summed E-state index contributed by atoms with van der Waals surface area (Å²) < 4.78 is 5.64. The number of phenols is 1. The topological polar surface area (TPSA) is 49.5 Å². The van der Waals surface area contributed by atoms with Crippen LogP contribution in [0.5, 0.6) is 5.75 Å². The molecule has 3 aromatic rings. The molecule has 0 bridgehead atoms. The smallest absolute Gasteiger partial charge is 0.175 e. The lowest BCUT2D eigenvalue weighted by molar-refractivity contribution is 0.218. The monoisotopic (exact) mass is 356 g/mol.